The third kappa shape index (κ3) is 2.49. The van der Waals surface area contributed by atoms with Gasteiger partial charge in [-0.15, -0.1) is 12.4 Å². The van der Waals surface area contributed by atoms with Gasteiger partial charge in [0, 0.05) is 6.04 Å². The fourth-order valence-electron chi connectivity index (χ4n) is 1.92. The van der Waals surface area contributed by atoms with Gasteiger partial charge in [0.25, 0.3) is 0 Å². The van der Waals surface area contributed by atoms with Crippen molar-refractivity contribution in [2.45, 2.75) is 25.3 Å². The summed E-state index contributed by atoms with van der Waals surface area (Å²) in [5, 5.41) is 8.81. The number of benzene rings is 1. The van der Waals surface area contributed by atoms with Gasteiger partial charge in [-0.25, -0.2) is 4.79 Å². The lowest BCUT2D eigenvalue weighted by atomic mass is 9.88. The molecule has 0 saturated heterocycles. The molecule has 0 bridgehead atoms. The van der Waals surface area contributed by atoms with Crippen LogP contribution in [0.5, 0.6) is 0 Å². The molecule has 0 heterocycles. The third-order valence-electron chi connectivity index (χ3n) is 2.72. The zero-order valence-corrected chi connectivity index (χ0v) is 9.09. The van der Waals surface area contributed by atoms with E-state index in [9.17, 15) is 4.79 Å². The lowest BCUT2D eigenvalue weighted by molar-refractivity contribution is 0.0696. The van der Waals surface area contributed by atoms with Crippen molar-refractivity contribution in [3.8, 4) is 0 Å². The van der Waals surface area contributed by atoms with E-state index in [0.29, 0.717) is 5.56 Å². The number of aryl methyl sites for hydroxylation is 1. The van der Waals surface area contributed by atoms with Crippen LogP contribution in [0.2, 0.25) is 0 Å². The maximum absolute atomic E-state index is 10.7. The summed E-state index contributed by atoms with van der Waals surface area (Å²) in [7, 11) is 0. The molecule has 4 heteroatoms. The predicted molar refractivity (Wildman–Crippen MR) is 60.6 cm³/mol. The maximum atomic E-state index is 10.7. The van der Waals surface area contributed by atoms with E-state index in [0.717, 1.165) is 24.8 Å². The molecule has 0 saturated carbocycles. The summed E-state index contributed by atoms with van der Waals surface area (Å²) >= 11 is 0. The zero-order valence-electron chi connectivity index (χ0n) is 8.27. The van der Waals surface area contributed by atoms with E-state index in [4.69, 9.17) is 10.8 Å². The Labute approximate surface area is 94.7 Å². The Morgan fingerprint density at radius 2 is 2.13 bits per heavy atom. The van der Waals surface area contributed by atoms with E-state index in [1.807, 2.05) is 6.07 Å². The molecule has 0 amide bonds. The van der Waals surface area contributed by atoms with Crippen molar-refractivity contribution >= 4 is 18.4 Å². The molecule has 0 fully saturated rings. The van der Waals surface area contributed by atoms with Crippen LogP contribution in [-0.4, -0.2) is 17.1 Å². The summed E-state index contributed by atoms with van der Waals surface area (Å²) in [6.45, 7) is 0. The highest BCUT2D eigenvalue weighted by Gasteiger charge is 2.16. The minimum Gasteiger partial charge on any atom is -0.478 e. The Kier molecular flexibility index (Phi) is 3.72. The number of halogens is 1. The van der Waals surface area contributed by atoms with E-state index in [1.165, 1.54) is 5.56 Å². The number of carbonyl (C=O) groups is 1. The third-order valence-corrected chi connectivity index (χ3v) is 2.72. The van der Waals surface area contributed by atoms with Gasteiger partial charge < -0.3 is 10.8 Å². The van der Waals surface area contributed by atoms with Crippen LogP contribution in [0.1, 0.15) is 27.9 Å². The molecule has 1 aromatic rings. The largest absolute Gasteiger partial charge is 0.478 e. The first-order valence-electron chi connectivity index (χ1n) is 4.77. The van der Waals surface area contributed by atoms with E-state index in [2.05, 4.69) is 0 Å². The van der Waals surface area contributed by atoms with Gasteiger partial charge in [0.2, 0.25) is 0 Å². The molecule has 0 spiro atoms. The van der Waals surface area contributed by atoms with Gasteiger partial charge in [-0.1, -0.05) is 6.07 Å². The van der Waals surface area contributed by atoms with Gasteiger partial charge in [-0.2, -0.15) is 0 Å². The summed E-state index contributed by atoms with van der Waals surface area (Å²) in [5.41, 5.74) is 8.55. The van der Waals surface area contributed by atoms with Crippen molar-refractivity contribution in [3.05, 3.63) is 34.9 Å². The molecule has 3 N–H and O–H groups in total. The standard InChI is InChI=1S/C11H13NO2.ClH/c12-10-4-3-7-5-9(11(13)14)2-1-8(7)6-10;/h1-2,5,10H,3-4,6,12H2,(H,13,14);1H. The lowest BCUT2D eigenvalue weighted by Crippen LogP contribution is -2.27. The first-order chi connectivity index (χ1) is 6.66. The van der Waals surface area contributed by atoms with E-state index < -0.39 is 5.97 Å². The predicted octanol–water partition coefficient (Wildman–Crippen LogP) is 1.62. The molecule has 0 aromatic heterocycles. The average Bonchev–Trinajstić information content (AvgIpc) is 2.16. The van der Waals surface area contributed by atoms with Gasteiger partial charge in [0.05, 0.1) is 5.56 Å². The van der Waals surface area contributed by atoms with Crippen molar-refractivity contribution in [2.24, 2.45) is 5.73 Å². The SMILES string of the molecule is Cl.NC1CCc2cc(C(=O)O)ccc2C1. The number of nitrogens with two attached hydrogens (primary N) is 1. The van der Waals surface area contributed by atoms with Crippen LogP contribution in [0.3, 0.4) is 0 Å². The summed E-state index contributed by atoms with van der Waals surface area (Å²) in [5.74, 6) is -0.859. The van der Waals surface area contributed by atoms with Crippen LogP contribution in [0.25, 0.3) is 0 Å². The van der Waals surface area contributed by atoms with Crippen LogP contribution in [0.4, 0.5) is 0 Å². The summed E-state index contributed by atoms with van der Waals surface area (Å²) in [6, 6.07) is 5.54. The number of hydrogen-bond acceptors (Lipinski definition) is 2. The van der Waals surface area contributed by atoms with Gasteiger partial charge >= 0.3 is 5.97 Å². The highest BCUT2D eigenvalue weighted by atomic mass is 35.5. The van der Waals surface area contributed by atoms with Crippen molar-refractivity contribution in [3.63, 3.8) is 0 Å². The van der Waals surface area contributed by atoms with Crippen molar-refractivity contribution < 1.29 is 9.90 Å². The molecular formula is C11H14ClNO2. The molecule has 1 atom stereocenters. The Hall–Kier alpha value is -1.06. The van der Waals surface area contributed by atoms with Crippen LogP contribution < -0.4 is 5.73 Å². The Balaban J connectivity index is 0.00000112. The first-order valence-corrected chi connectivity index (χ1v) is 4.77. The molecule has 2 rings (SSSR count). The molecular weight excluding hydrogens is 214 g/mol. The van der Waals surface area contributed by atoms with Crippen LogP contribution >= 0.6 is 12.4 Å². The minimum atomic E-state index is -0.859. The van der Waals surface area contributed by atoms with Crippen molar-refractivity contribution in [2.75, 3.05) is 0 Å². The Morgan fingerprint density at radius 3 is 2.80 bits per heavy atom. The first kappa shape index (κ1) is 12.0. The van der Waals surface area contributed by atoms with Crippen LogP contribution in [0, 0.1) is 0 Å². The fourth-order valence-corrected chi connectivity index (χ4v) is 1.92. The minimum absolute atomic E-state index is 0. The average molecular weight is 228 g/mol. The molecule has 0 radical (unpaired) electrons. The maximum Gasteiger partial charge on any atom is 0.335 e. The molecule has 1 unspecified atom stereocenters. The second-order valence-corrected chi connectivity index (χ2v) is 3.79. The molecule has 3 nitrogen and oxygen atoms in total. The molecule has 1 aliphatic carbocycles. The molecule has 82 valence electrons. The number of carboxylic acid groups (broad SMARTS) is 1. The Bertz CT molecular complexity index is 379. The summed E-state index contributed by atoms with van der Waals surface area (Å²) in [6.07, 6.45) is 2.73. The topological polar surface area (TPSA) is 63.3 Å². The molecule has 1 aromatic carbocycles. The van der Waals surface area contributed by atoms with Crippen LogP contribution in [-0.2, 0) is 12.8 Å². The van der Waals surface area contributed by atoms with E-state index in [-0.39, 0.29) is 18.4 Å². The van der Waals surface area contributed by atoms with E-state index >= 15 is 0 Å². The van der Waals surface area contributed by atoms with Gasteiger partial charge in [0.15, 0.2) is 0 Å². The van der Waals surface area contributed by atoms with Gasteiger partial charge in [-0.05, 0) is 42.5 Å². The zero-order chi connectivity index (χ0) is 10.1. The second-order valence-electron chi connectivity index (χ2n) is 3.79. The fraction of sp³-hybridized carbons (Fsp3) is 0.364. The Morgan fingerprint density at radius 1 is 1.40 bits per heavy atom. The van der Waals surface area contributed by atoms with Crippen molar-refractivity contribution in [1.82, 2.24) is 0 Å². The molecule has 1 aliphatic rings. The highest BCUT2D eigenvalue weighted by Crippen LogP contribution is 2.21. The normalized spacial score (nSPS) is 18.9. The van der Waals surface area contributed by atoms with E-state index in [1.54, 1.807) is 12.1 Å². The van der Waals surface area contributed by atoms with Crippen molar-refractivity contribution in [1.29, 1.82) is 0 Å². The number of aromatic carboxylic acids is 1. The van der Waals surface area contributed by atoms with Crippen LogP contribution in [0.15, 0.2) is 18.2 Å². The number of fused-ring (bicyclic) bond motifs is 1. The lowest BCUT2D eigenvalue weighted by Gasteiger charge is -2.21. The quantitative estimate of drug-likeness (QED) is 0.767. The summed E-state index contributed by atoms with van der Waals surface area (Å²) in [4.78, 5) is 10.7. The second kappa shape index (κ2) is 4.64. The summed E-state index contributed by atoms with van der Waals surface area (Å²) < 4.78 is 0. The number of hydrogen-bond donors (Lipinski definition) is 2. The number of rotatable bonds is 1. The highest BCUT2D eigenvalue weighted by molar-refractivity contribution is 5.87. The molecule has 15 heavy (non-hydrogen) atoms. The molecule has 0 aliphatic heterocycles. The number of carboxylic acids is 1. The monoisotopic (exact) mass is 227 g/mol. The van der Waals surface area contributed by atoms with Gasteiger partial charge in [-0.3, -0.25) is 0 Å². The smallest absolute Gasteiger partial charge is 0.335 e. The van der Waals surface area contributed by atoms with Gasteiger partial charge in [0.1, 0.15) is 0 Å².